The van der Waals surface area contributed by atoms with E-state index in [0.29, 0.717) is 0 Å². The predicted octanol–water partition coefficient (Wildman–Crippen LogP) is 10.1. The zero-order valence-electron chi connectivity index (χ0n) is 25.8. The van der Waals surface area contributed by atoms with Crippen LogP contribution in [0, 0.1) is 0 Å². The summed E-state index contributed by atoms with van der Waals surface area (Å²) in [4.78, 5) is 8.68. The third kappa shape index (κ3) is 5.07. The van der Waals surface area contributed by atoms with Gasteiger partial charge in [-0.25, -0.2) is 8.42 Å². The largest absolute Gasteiger partial charge is 0.456 e. The van der Waals surface area contributed by atoms with Gasteiger partial charge in [0.25, 0.3) is 0 Å². The van der Waals surface area contributed by atoms with Crippen LogP contribution >= 0.6 is 0 Å². The van der Waals surface area contributed by atoms with Crippen LogP contribution in [0.4, 0.5) is 0 Å². The summed E-state index contributed by atoms with van der Waals surface area (Å²) in [5.74, 6) is -0.0280. The van der Waals surface area contributed by atoms with Crippen molar-refractivity contribution in [2.24, 2.45) is 0 Å². The molecule has 0 atom stereocenters. The number of pyridine rings is 2. The maximum absolute atomic E-state index is 13.5. The van der Waals surface area contributed by atoms with Crippen LogP contribution in [0.25, 0.3) is 77.6 Å². The highest BCUT2D eigenvalue weighted by Gasteiger charge is 2.25. The number of nitrogens with zero attached hydrogens (tertiary/aromatic N) is 2. The van der Waals surface area contributed by atoms with Gasteiger partial charge in [-0.3, -0.25) is 9.97 Å². The SMILES string of the molecule is O=S1(=O)Cc2cc(-c3cc(-c4cccnc4)cc(-c4cccnc4)c3)ccc2-c2cc(-c3ccc4c(c3)oc3ccccc34)ccc2C1. The van der Waals surface area contributed by atoms with Gasteiger partial charge in [-0.2, -0.15) is 0 Å². The molecule has 230 valence electrons. The molecule has 0 N–H and O–H groups in total. The predicted molar refractivity (Wildman–Crippen MR) is 193 cm³/mol. The van der Waals surface area contributed by atoms with Gasteiger partial charge in [0, 0.05) is 46.7 Å². The second-order valence-electron chi connectivity index (χ2n) is 12.4. The van der Waals surface area contributed by atoms with Crippen molar-refractivity contribution in [2.45, 2.75) is 11.5 Å². The minimum absolute atomic E-state index is 0.00309. The molecule has 0 amide bonds. The van der Waals surface area contributed by atoms with Crippen LogP contribution in [0.2, 0.25) is 0 Å². The molecule has 3 aromatic heterocycles. The Morgan fingerprint density at radius 2 is 1.06 bits per heavy atom. The Morgan fingerprint density at radius 3 is 1.79 bits per heavy atom. The fourth-order valence-corrected chi connectivity index (χ4v) is 8.45. The molecule has 5 nitrogen and oxygen atoms in total. The number of benzene rings is 5. The van der Waals surface area contributed by atoms with E-state index in [2.05, 4.69) is 70.6 Å². The van der Waals surface area contributed by atoms with E-state index in [1.807, 2.05) is 73.1 Å². The summed E-state index contributed by atoms with van der Waals surface area (Å²) >= 11 is 0. The molecule has 0 unspecified atom stereocenters. The third-order valence-electron chi connectivity index (χ3n) is 9.22. The van der Waals surface area contributed by atoms with Crippen LogP contribution in [-0.4, -0.2) is 18.4 Å². The molecule has 1 aliphatic heterocycles. The van der Waals surface area contributed by atoms with E-state index in [-0.39, 0.29) is 11.5 Å². The van der Waals surface area contributed by atoms with Gasteiger partial charge in [0.05, 0.1) is 11.5 Å². The quantitative estimate of drug-likeness (QED) is 0.191. The van der Waals surface area contributed by atoms with E-state index in [1.165, 1.54) is 0 Å². The number of hydrogen-bond acceptors (Lipinski definition) is 5. The highest BCUT2D eigenvalue weighted by atomic mass is 32.2. The Hall–Kier alpha value is -5.85. The van der Waals surface area contributed by atoms with Gasteiger partial charge < -0.3 is 4.42 Å². The first kappa shape index (κ1) is 28.4. The molecule has 5 aromatic carbocycles. The number of aromatic nitrogens is 2. The smallest absolute Gasteiger partial charge is 0.158 e. The lowest BCUT2D eigenvalue weighted by atomic mass is 9.89. The van der Waals surface area contributed by atoms with Crippen LogP contribution in [-0.2, 0) is 21.3 Å². The van der Waals surface area contributed by atoms with Gasteiger partial charge in [0.2, 0.25) is 0 Å². The minimum atomic E-state index is -3.40. The summed E-state index contributed by atoms with van der Waals surface area (Å²) < 4.78 is 33.1. The van der Waals surface area contributed by atoms with Gasteiger partial charge >= 0.3 is 0 Å². The maximum Gasteiger partial charge on any atom is 0.158 e. The topological polar surface area (TPSA) is 73.1 Å². The van der Waals surface area contributed by atoms with E-state index < -0.39 is 9.84 Å². The normalized spacial score (nSPS) is 13.6. The van der Waals surface area contributed by atoms with E-state index >= 15 is 0 Å². The van der Waals surface area contributed by atoms with Crippen molar-refractivity contribution in [3.05, 3.63) is 157 Å². The molecule has 0 radical (unpaired) electrons. The van der Waals surface area contributed by atoms with Crippen LogP contribution in [0.1, 0.15) is 11.1 Å². The first-order valence-electron chi connectivity index (χ1n) is 15.8. The average molecular weight is 641 g/mol. The van der Waals surface area contributed by atoms with Crippen LogP contribution < -0.4 is 0 Å². The third-order valence-corrected chi connectivity index (χ3v) is 10.7. The summed E-state index contributed by atoms with van der Waals surface area (Å²) in [6, 6.07) is 41.1. The number of para-hydroxylation sites is 1. The fraction of sp³-hybridized carbons (Fsp3) is 0.0476. The minimum Gasteiger partial charge on any atom is -0.456 e. The fourth-order valence-electron chi connectivity index (χ4n) is 6.91. The van der Waals surface area contributed by atoms with Gasteiger partial charge in [-0.05, 0) is 116 Å². The molecule has 0 bridgehead atoms. The van der Waals surface area contributed by atoms with Crippen LogP contribution in [0.3, 0.4) is 0 Å². The highest BCUT2D eigenvalue weighted by molar-refractivity contribution is 7.89. The summed E-state index contributed by atoms with van der Waals surface area (Å²) in [6.45, 7) is 0. The molecule has 8 aromatic rings. The van der Waals surface area contributed by atoms with Gasteiger partial charge in [-0.1, -0.05) is 60.7 Å². The van der Waals surface area contributed by atoms with Crippen LogP contribution in [0.15, 0.2) is 151 Å². The molecule has 0 saturated heterocycles. The van der Waals surface area contributed by atoms with Gasteiger partial charge in [-0.15, -0.1) is 0 Å². The Bertz CT molecular complexity index is 2570. The Kier molecular flexibility index (Phi) is 6.59. The van der Waals surface area contributed by atoms with Gasteiger partial charge in [0.1, 0.15) is 11.2 Å². The number of rotatable bonds is 4. The summed E-state index contributed by atoms with van der Waals surface area (Å²) in [5, 5.41) is 2.17. The second kappa shape index (κ2) is 11.1. The van der Waals surface area contributed by atoms with Gasteiger partial charge in [0.15, 0.2) is 9.84 Å². The first-order valence-corrected chi connectivity index (χ1v) is 17.6. The second-order valence-corrected chi connectivity index (χ2v) is 14.4. The number of furan rings is 1. The first-order chi connectivity index (χ1) is 23.5. The highest BCUT2D eigenvalue weighted by Crippen LogP contribution is 2.41. The molecule has 48 heavy (non-hydrogen) atoms. The Labute approximate surface area is 278 Å². The molecule has 1 aliphatic rings. The Morgan fingerprint density at radius 1 is 0.458 bits per heavy atom. The molecular formula is C42H28N2O3S. The molecule has 0 saturated carbocycles. The van der Waals surface area contributed by atoms with E-state index in [9.17, 15) is 8.42 Å². The van der Waals surface area contributed by atoms with Crippen molar-refractivity contribution >= 4 is 31.8 Å². The number of fused-ring (bicyclic) bond motifs is 6. The summed E-state index contributed by atoms with van der Waals surface area (Å²) in [7, 11) is -3.40. The maximum atomic E-state index is 13.5. The monoisotopic (exact) mass is 640 g/mol. The molecule has 9 rings (SSSR count). The lowest BCUT2D eigenvalue weighted by Gasteiger charge is -2.15. The lowest BCUT2D eigenvalue weighted by molar-refractivity contribution is 0.595. The molecular weight excluding hydrogens is 613 g/mol. The summed E-state index contributed by atoms with van der Waals surface area (Å²) in [6.07, 6.45) is 7.25. The van der Waals surface area contributed by atoms with Crippen molar-refractivity contribution < 1.29 is 12.8 Å². The van der Waals surface area contributed by atoms with Crippen molar-refractivity contribution in [3.8, 4) is 55.6 Å². The van der Waals surface area contributed by atoms with Crippen molar-refractivity contribution in [1.82, 2.24) is 9.97 Å². The van der Waals surface area contributed by atoms with E-state index in [4.69, 9.17) is 4.42 Å². The molecule has 0 spiro atoms. The van der Waals surface area contributed by atoms with Crippen molar-refractivity contribution in [3.63, 3.8) is 0 Å². The molecule has 4 heterocycles. The molecule has 6 heteroatoms. The zero-order chi connectivity index (χ0) is 32.2. The molecule has 0 aliphatic carbocycles. The van der Waals surface area contributed by atoms with Crippen molar-refractivity contribution in [1.29, 1.82) is 0 Å². The summed E-state index contributed by atoms with van der Waals surface area (Å²) in [5.41, 5.74) is 13.2. The average Bonchev–Trinajstić information content (AvgIpc) is 3.44. The zero-order valence-corrected chi connectivity index (χ0v) is 26.6. The van der Waals surface area contributed by atoms with E-state index in [1.54, 1.807) is 12.4 Å². The molecule has 0 fully saturated rings. The Balaban J connectivity index is 1.17. The lowest BCUT2D eigenvalue weighted by Crippen LogP contribution is -2.05. The van der Waals surface area contributed by atoms with Crippen LogP contribution in [0.5, 0.6) is 0 Å². The van der Waals surface area contributed by atoms with E-state index in [0.717, 1.165) is 88.7 Å². The standard InChI is InChI=1S/C42H28N2O3S/c45-48(46)25-32-10-9-28(29-12-14-39-38-7-1-2-8-41(38)47-42(39)22-29)21-40(32)37-13-11-27(17-36(37)26-48)33-18-34(30-5-3-15-43-23-30)20-35(19-33)31-6-4-16-44-24-31/h1-24H,25-26H2. The number of hydrogen-bond donors (Lipinski definition) is 0. The number of sulfone groups is 1. The van der Waals surface area contributed by atoms with Crippen molar-refractivity contribution in [2.75, 3.05) is 0 Å².